The second kappa shape index (κ2) is 12.3. The highest BCUT2D eigenvalue weighted by Crippen LogP contribution is 2.20. The predicted octanol–water partition coefficient (Wildman–Crippen LogP) is 4.23. The van der Waals surface area contributed by atoms with Crippen LogP contribution in [-0.2, 0) is 14.3 Å². The van der Waals surface area contributed by atoms with E-state index >= 15 is 0 Å². The predicted molar refractivity (Wildman–Crippen MR) is 127 cm³/mol. The summed E-state index contributed by atoms with van der Waals surface area (Å²) >= 11 is 6.09. The molecule has 3 aromatic carbocycles. The first-order valence-corrected chi connectivity index (χ1v) is 10.8. The van der Waals surface area contributed by atoms with Crippen LogP contribution in [0, 0.1) is 5.82 Å². The Hall–Kier alpha value is -4.24. The summed E-state index contributed by atoms with van der Waals surface area (Å²) in [7, 11) is 0. The van der Waals surface area contributed by atoms with E-state index < -0.39 is 42.3 Å². The molecule has 35 heavy (non-hydrogen) atoms. The highest BCUT2D eigenvalue weighted by Gasteiger charge is 2.22. The third kappa shape index (κ3) is 7.65. The maximum atomic E-state index is 13.6. The summed E-state index contributed by atoms with van der Waals surface area (Å²) in [5.74, 6) is -2.86. The lowest BCUT2D eigenvalue weighted by atomic mass is 10.0. The van der Waals surface area contributed by atoms with Gasteiger partial charge in [0, 0.05) is 0 Å². The summed E-state index contributed by atoms with van der Waals surface area (Å²) in [5.41, 5.74) is 0.761. The summed E-state index contributed by atoms with van der Waals surface area (Å²) < 4.78 is 18.5. The molecule has 4 amide bonds. The van der Waals surface area contributed by atoms with Gasteiger partial charge in [0.2, 0.25) is 0 Å². The van der Waals surface area contributed by atoms with Crippen molar-refractivity contribution in [3.63, 3.8) is 0 Å². The van der Waals surface area contributed by atoms with Crippen molar-refractivity contribution in [2.24, 2.45) is 0 Å². The van der Waals surface area contributed by atoms with Crippen molar-refractivity contribution in [3.05, 3.63) is 101 Å². The van der Waals surface area contributed by atoms with Crippen molar-refractivity contribution < 1.29 is 28.3 Å². The molecule has 3 rings (SSSR count). The first kappa shape index (κ1) is 25.4. The van der Waals surface area contributed by atoms with Crippen LogP contribution < -0.4 is 16.0 Å². The molecule has 0 saturated carbocycles. The number of carbonyl (C=O) groups is 4. The lowest BCUT2D eigenvalue weighted by Gasteiger charge is -2.19. The van der Waals surface area contributed by atoms with Gasteiger partial charge in [0.25, 0.3) is 11.8 Å². The van der Waals surface area contributed by atoms with Gasteiger partial charge in [-0.1, -0.05) is 66.2 Å². The minimum atomic E-state index is -0.981. The van der Waals surface area contributed by atoms with Crippen LogP contribution in [0.25, 0.3) is 0 Å². The summed E-state index contributed by atoms with van der Waals surface area (Å²) in [4.78, 5) is 48.9. The van der Waals surface area contributed by atoms with Crippen LogP contribution in [0.15, 0.2) is 78.9 Å². The van der Waals surface area contributed by atoms with Crippen LogP contribution in [0.1, 0.15) is 28.4 Å². The number of hydrogen-bond donors (Lipinski definition) is 3. The number of halogens is 2. The fourth-order valence-corrected chi connectivity index (χ4v) is 3.29. The van der Waals surface area contributed by atoms with Gasteiger partial charge in [0.15, 0.2) is 6.61 Å². The molecule has 0 aromatic heterocycles. The van der Waals surface area contributed by atoms with Gasteiger partial charge in [0.05, 0.1) is 28.7 Å². The highest BCUT2D eigenvalue weighted by molar-refractivity contribution is 6.33. The van der Waals surface area contributed by atoms with E-state index in [0.717, 1.165) is 6.07 Å². The van der Waals surface area contributed by atoms with Gasteiger partial charge in [-0.25, -0.2) is 9.18 Å². The number of anilines is 1. The van der Waals surface area contributed by atoms with E-state index in [1.54, 1.807) is 54.6 Å². The fraction of sp³-hybridized carbons (Fsp3) is 0.120. The van der Waals surface area contributed by atoms with Gasteiger partial charge in [0.1, 0.15) is 5.82 Å². The summed E-state index contributed by atoms with van der Waals surface area (Å²) in [6.07, 6.45) is -0.283. The van der Waals surface area contributed by atoms with Crippen molar-refractivity contribution in [2.75, 3.05) is 11.9 Å². The number of carbonyl (C=O) groups excluding carboxylic acids is 4. The Morgan fingerprint density at radius 2 is 1.54 bits per heavy atom. The molecule has 0 heterocycles. The lowest BCUT2D eigenvalue weighted by Crippen LogP contribution is -2.37. The molecule has 0 bridgehead atoms. The second-order valence-corrected chi connectivity index (χ2v) is 7.67. The minimum absolute atomic E-state index is 0.116. The van der Waals surface area contributed by atoms with Gasteiger partial charge in [-0.2, -0.15) is 0 Å². The average molecular weight is 498 g/mol. The number of urea groups is 1. The monoisotopic (exact) mass is 497 g/mol. The highest BCUT2D eigenvalue weighted by atomic mass is 35.5. The molecule has 10 heteroatoms. The number of esters is 1. The van der Waals surface area contributed by atoms with Crippen molar-refractivity contribution in [1.82, 2.24) is 10.6 Å². The Morgan fingerprint density at radius 3 is 2.26 bits per heavy atom. The molecular formula is C25H21ClFN3O5. The molecule has 0 fully saturated rings. The Balaban J connectivity index is 1.56. The number of nitrogens with one attached hydrogen (secondary N) is 3. The van der Waals surface area contributed by atoms with Crippen LogP contribution in [0.5, 0.6) is 0 Å². The van der Waals surface area contributed by atoms with E-state index in [2.05, 4.69) is 10.6 Å². The number of hydrogen-bond acceptors (Lipinski definition) is 5. The van der Waals surface area contributed by atoms with Crippen molar-refractivity contribution in [2.45, 2.75) is 12.5 Å². The largest absolute Gasteiger partial charge is 0.455 e. The Kier molecular flexibility index (Phi) is 8.91. The number of imide groups is 1. The third-order valence-electron chi connectivity index (χ3n) is 4.74. The van der Waals surface area contributed by atoms with E-state index in [4.69, 9.17) is 16.3 Å². The summed E-state index contributed by atoms with van der Waals surface area (Å²) in [5, 5.41) is 7.12. The van der Waals surface area contributed by atoms with Gasteiger partial charge in [-0.15, -0.1) is 0 Å². The van der Waals surface area contributed by atoms with Crippen molar-refractivity contribution in [1.29, 1.82) is 0 Å². The first-order valence-electron chi connectivity index (χ1n) is 10.4. The lowest BCUT2D eigenvalue weighted by molar-refractivity contribution is -0.148. The molecule has 3 N–H and O–H groups in total. The zero-order valence-corrected chi connectivity index (χ0v) is 19.1. The third-order valence-corrected chi connectivity index (χ3v) is 5.07. The molecule has 0 unspecified atom stereocenters. The summed E-state index contributed by atoms with van der Waals surface area (Å²) in [6, 6.07) is 18.9. The number of para-hydroxylation sites is 1. The fourth-order valence-electron chi connectivity index (χ4n) is 3.07. The number of ether oxygens (including phenoxy) is 1. The van der Waals surface area contributed by atoms with Crippen LogP contribution in [0.4, 0.5) is 14.9 Å². The Bertz CT molecular complexity index is 1220. The molecular weight excluding hydrogens is 477 g/mol. The van der Waals surface area contributed by atoms with Gasteiger partial charge in [-0.05, 0) is 29.8 Å². The quantitative estimate of drug-likeness (QED) is 0.403. The number of amides is 4. The van der Waals surface area contributed by atoms with E-state index in [1.807, 2.05) is 5.32 Å². The van der Waals surface area contributed by atoms with Gasteiger partial charge >= 0.3 is 12.0 Å². The van der Waals surface area contributed by atoms with Gasteiger partial charge < -0.3 is 15.4 Å². The molecule has 0 aliphatic carbocycles. The molecule has 0 radical (unpaired) electrons. The van der Waals surface area contributed by atoms with E-state index in [-0.39, 0.29) is 22.7 Å². The molecule has 0 aliphatic heterocycles. The van der Waals surface area contributed by atoms with E-state index in [1.165, 1.54) is 18.2 Å². The minimum Gasteiger partial charge on any atom is -0.455 e. The zero-order valence-electron chi connectivity index (χ0n) is 18.3. The molecule has 0 saturated heterocycles. The number of rotatable bonds is 8. The van der Waals surface area contributed by atoms with Crippen LogP contribution in [-0.4, -0.2) is 30.4 Å². The smallest absolute Gasteiger partial charge is 0.326 e. The standard InChI is InChI=1S/C25H21ClFN3O5/c26-18-11-5-4-10-17(18)24(33)28-21(16-8-2-1-3-9-16)14-23(32)35-15-22(31)30-25(34)29-20-13-7-6-12-19(20)27/h1-13,21H,14-15H2,(H,28,33)(H2,29,30,31,34)/t21-/m1/s1. The molecule has 1 atom stereocenters. The Labute approximate surface area is 205 Å². The van der Waals surface area contributed by atoms with E-state index in [0.29, 0.717) is 5.56 Å². The molecule has 8 nitrogen and oxygen atoms in total. The molecule has 3 aromatic rings. The number of benzene rings is 3. The molecule has 180 valence electrons. The molecule has 0 spiro atoms. The first-order chi connectivity index (χ1) is 16.8. The zero-order chi connectivity index (χ0) is 25.2. The van der Waals surface area contributed by atoms with Crippen molar-refractivity contribution >= 4 is 41.1 Å². The topological polar surface area (TPSA) is 114 Å². The maximum Gasteiger partial charge on any atom is 0.326 e. The van der Waals surface area contributed by atoms with Crippen LogP contribution in [0.3, 0.4) is 0 Å². The summed E-state index contributed by atoms with van der Waals surface area (Å²) in [6.45, 7) is -0.747. The van der Waals surface area contributed by atoms with Crippen LogP contribution in [0.2, 0.25) is 5.02 Å². The normalized spacial score (nSPS) is 11.1. The van der Waals surface area contributed by atoms with E-state index in [9.17, 15) is 23.6 Å². The molecule has 0 aliphatic rings. The van der Waals surface area contributed by atoms with Crippen LogP contribution >= 0.6 is 11.6 Å². The van der Waals surface area contributed by atoms with Gasteiger partial charge in [-0.3, -0.25) is 19.7 Å². The SMILES string of the molecule is O=C(COC(=O)C[C@@H](NC(=O)c1ccccc1Cl)c1ccccc1)NC(=O)Nc1ccccc1F. The van der Waals surface area contributed by atoms with Crippen molar-refractivity contribution in [3.8, 4) is 0 Å². The Morgan fingerprint density at radius 1 is 0.886 bits per heavy atom. The second-order valence-electron chi connectivity index (χ2n) is 7.26. The average Bonchev–Trinajstić information content (AvgIpc) is 2.84. The maximum absolute atomic E-state index is 13.6.